The number of ether oxygens (including phenoxy) is 2. The molecule has 1 heterocycles. The topological polar surface area (TPSA) is 64.6 Å². The number of esters is 1. The van der Waals surface area contributed by atoms with Gasteiger partial charge in [-0.3, -0.25) is 4.79 Å². The molecular weight excluding hydrogens is 454 g/mol. The second kappa shape index (κ2) is 9.08. The molecule has 27 heavy (non-hydrogen) atoms. The highest BCUT2D eigenvalue weighted by molar-refractivity contribution is 9.10. The number of aryl methyl sites for hydroxylation is 1. The normalized spacial score (nSPS) is 13.4. The van der Waals surface area contributed by atoms with E-state index in [0.29, 0.717) is 21.3 Å². The molecule has 8 heteroatoms. The Bertz CT molecular complexity index is 868. The van der Waals surface area contributed by atoms with Crippen LogP contribution in [0, 0.1) is 0 Å². The van der Waals surface area contributed by atoms with Crippen LogP contribution in [-0.2, 0) is 22.4 Å². The smallest absolute Gasteiger partial charge is 0.341 e. The molecule has 3 rings (SSSR count). The Morgan fingerprint density at radius 3 is 2.78 bits per heavy atom. The predicted octanol–water partition coefficient (Wildman–Crippen LogP) is 5.24. The van der Waals surface area contributed by atoms with Crippen LogP contribution in [0.4, 0.5) is 5.00 Å². The van der Waals surface area contributed by atoms with E-state index < -0.39 is 5.97 Å². The van der Waals surface area contributed by atoms with Crippen LogP contribution in [0.25, 0.3) is 0 Å². The van der Waals surface area contributed by atoms with Crippen molar-refractivity contribution < 1.29 is 19.1 Å². The maximum atomic E-state index is 12.4. The highest BCUT2D eigenvalue weighted by Gasteiger charge is 2.26. The first-order chi connectivity index (χ1) is 13.0. The van der Waals surface area contributed by atoms with Crippen molar-refractivity contribution in [1.29, 1.82) is 0 Å². The maximum Gasteiger partial charge on any atom is 0.341 e. The highest BCUT2D eigenvalue weighted by Crippen LogP contribution is 2.38. The third-order valence-corrected chi connectivity index (χ3v) is 6.31. The van der Waals surface area contributed by atoms with Crippen molar-refractivity contribution in [2.45, 2.75) is 32.1 Å². The van der Waals surface area contributed by atoms with E-state index in [9.17, 15) is 9.59 Å². The van der Waals surface area contributed by atoms with Crippen LogP contribution < -0.4 is 10.1 Å². The number of methoxy groups -OCH3 is 1. The number of halogens is 2. The van der Waals surface area contributed by atoms with Crippen LogP contribution in [0.1, 0.15) is 40.1 Å². The van der Waals surface area contributed by atoms with Crippen LogP contribution >= 0.6 is 38.9 Å². The van der Waals surface area contributed by atoms with Gasteiger partial charge in [0.05, 0.1) is 17.7 Å². The Kier molecular flexibility index (Phi) is 6.78. The molecule has 0 atom stereocenters. The van der Waals surface area contributed by atoms with Gasteiger partial charge in [0.15, 0.2) is 6.61 Å². The van der Waals surface area contributed by atoms with E-state index in [2.05, 4.69) is 21.2 Å². The first-order valence-corrected chi connectivity index (χ1v) is 10.6. The van der Waals surface area contributed by atoms with Gasteiger partial charge in [0.25, 0.3) is 5.91 Å². The Balaban J connectivity index is 1.74. The van der Waals surface area contributed by atoms with E-state index >= 15 is 0 Å². The number of hydrogen-bond acceptors (Lipinski definition) is 5. The molecule has 0 fully saturated rings. The number of hydrogen-bond donors (Lipinski definition) is 1. The van der Waals surface area contributed by atoms with Crippen molar-refractivity contribution in [2.75, 3.05) is 19.0 Å². The first kappa shape index (κ1) is 20.2. The molecule has 1 aliphatic carbocycles. The molecule has 0 bridgehead atoms. The largest absolute Gasteiger partial charge is 0.482 e. The predicted molar refractivity (Wildman–Crippen MR) is 110 cm³/mol. The summed E-state index contributed by atoms with van der Waals surface area (Å²) in [6.45, 7) is -0.204. The summed E-state index contributed by atoms with van der Waals surface area (Å²) in [5, 5.41) is 3.75. The minimum absolute atomic E-state index is 0.204. The minimum atomic E-state index is -0.415. The van der Waals surface area contributed by atoms with Crippen molar-refractivity contribution in [3.05, 3.63) is 43.7 Å². The quantitative estimate of drug-likeness (QED) is 0.477. The number of thiophene rings is 1. The van der Waals surface area contributed by atoms with Gasteiger partial charge in [-0.25, -0.2) is 4.79 Å². The van der Waals surface area contributed by atoms with Crippen LogP contribution in [0.15, 0.2) is 22.7 Å². The van der Waals surface area contributed by atoms with Gasteiger partial charge in [-0.2, -0.15) is 0 Å². The van der Waals surface area contributed by atoms with Crippen LogP contribution in [-0.4, -0.2) is 25.6 Å². The fourth-order valence-electron chi connectivity index (χ4n) is 3.05. The molecular formula is C19H19BrClNO4S. The summed E-state index contributed by atoms with van der Waals surface area (Å²) in [5.74, 6) is -0.345. The molecule has 0 spiro atoms. The lowest BCUT2D eigenvalue weighted by Gasteiger charge is -2.10. The SMILES string of the molecule is COC(=O)c1c(NC(=O)COc2ccc(Br)cc2Cl)sc2c1CCCCC2. The van der Waals surface area contributed by atoms with Crippen molar-refractivity contribution in [3.8, 4) is 5.75 Å². The monoisotopic (exact) mass is 471 g/mol. The molecule has 0 radical (unpaired) electrons. The number of anilines is 1. The number of amides is 1. The van der Waals surface area contributed by atoms with Crippen LogP contribution in [0.3, 0.4) is 0 Å². The molecule has 2 aromatic rings. The molecule has 0 unspecified atom stereocenters. The van der Waals surface area contributed by atoms with E-state index in [4.69, 9.17) is 21.1 Å². The third kappa shape index (κ3) is 4.83. The fourth-order valence-corrected chi connectivity index (χ4v) is 5.07. The number of carbonyl (C=O) groups excluding carboxylic acids is 2. The lowest BCUT2D eigenvalue weighted by molar-refractivity contribution is -0.118. The summed E-state index contributed by atoms with van der Waals surface area (Å²) in [7, 11) is 1.35. The summed E-state index contributed by atoms with van der Waals surface area (Å²) in [6.07, 6.45) is 5.02. The molecule has 1 aliphatic rings. The molecule has 5 nitrogen and oxygen atoms in total. The highest BCUT2D eigenvalue weighted by atomic mass is 79.9. The summed E-state index contributed by atoms with van der Waals surface area (Å²) >= 11 is 10.9. The first-order valence-electron chi connectivity index (χ1n) is 8.60. The van der Waals surface area contributed by atoms with Gasteiger partial charge in [-0.1, -0.05) is 34.0 Å². The van der Waals surface area contributed by atoms with Gasteiger partial charge in [0, 0.05) is 9.35 Å². The lowest BCUT2D eigenvalue weighted by Crippen LogP contribution is -2.21. The summed E-state index contributed by atoms with van der Waals surface area (Å²) < 4.78 is 11.3. The van der Waals surface area contributed by atoms with Gasteiger partial charge in [0.1, 0.15) is 10.8 Å². The Morgan fingerprint density at radius 1 is 1.26 bits per heavy atom. The van der Waals surface area contributed by atoms with E-state index in [1.807, 2.05) is 0 Å². The van der Waals surface area contributed by atoms with E-state index in [1.165, 1.54) is 18.4 Å². The number of benzene rings is 1. The number of fused-ring (bicyclic) bond motifs is 1. The molecule has 1 aromatic heterocycles. The molecule has 144 valence electrons. The van der Waals surface area contributed by atoms with Crippen molar-refractivity contribution in [3.63, 3.8) is 0 Å². The number of rotatable bonds is 5. The Morgan fingerprint density at radius 2 is 2.04 bits per heavy atom. The van der Waals surface area contributed by atoms with Crippen LogP contribution in [0.2, 0.25) is 5.02 Å². The van der Waals surface area contributed by atoms with E-state index in [1.54, 1.807) is 18.2 Å². The van der Waals surface area contributed by atoms with Gasteiger partial charge in [0.2, 0.25) is 0 Å². The average molecular weight is 473 g/mol. The van der Waals surface area contributed by atoms with Gasteiger partial charge in [-0.15, -0.1) is 11.3 Å². The molecule has 0 aliphatic heterocycles. The van der Waals surface area contributed by atoms with Gasteiger partial charge in [-0.05, 0) is 49.4 Å². The van der Waals surface area contributed by atoms with Crippen molar-refractivity contribution in [2.24, 2.45) is 0 Å². The van der Waals surface area contributed by atoms with E-state index in [-0.39, 0.29) is 12.5 Å². The van der Waals surface area contributed by atoms with E-state index in [0.717, 1.165) is 47.0 Å². The molecule has 1 amide bonds. The van der Waals surface area contributed by atoms with Crippen molar-refractivity contribution in [1.82, 2.24) is 0 Å². The summed E-state index contributed by atoms with van der Waals surface area (Å²) in [6, 6.07) is 5.16. The van der Waals surface area contributed by atoms with Gasteiger partial charge < -0.3 is 14.8 Å². The molecule has 1 aromatic carbocycles. The summed E-state index contributed by atoms with van der Waals surface area (Å²) in [5.41, 5.74) is 1.49. The standard InChI is InChI=1S/C19H19BrClNO4S/c1-25-19(24)17-12-5-3-2-4-6-15(12)27-18(17)22-16(23)10-26-14-8-7-11(20)9-13(14)21/h7-9H,2-6,10H2,1H3,(H,22,23). The zero-order valence-corrected chi connectivity index (χ0v) is 17.9. The fraction of sp³-hybridized carbons (Fsp3) is 0.368. The second-order valence-corrected chi connectivity index (χ2v) is 8.60. The second-order valence-electron chi connectivity index (χ2n) is 6.17. The number of carbonyl (C=O) groups is 2. The minimum Gasteiger partial charge on any atom is -0.482 e. The van der Waals surface area contributed by atoms with Crippen LogP contribution in [0.5, 0.6) is 5.75 Å². The lowest BCUT2D eigenvalue weighted by atomic mass is 10.1. The molecule has 1 N–H and O–H groups in total. The zero-order chi connectivity index (χ0) is 19.4. The molecule has 0 saturated heterocycles. The zero-order valence-electron chi connectivity index (χ0n) is 14.8. The van der Waals surface area contributed by atoms with Crippen molar-refractivity contribution >= 4 is 55.7 Å². The molecule has 0 saturated carbocycles. The van der Waals surface area contributed by atoms with Gasteiger partial charge >= 0.3 is 5.97 Å². The summed E-state index contributed by atoms with van der Waals surface area (Å²) in [4.78, 5) is 25.8. The third-order valence-electron chi connectivity index (χ3n) is 4.32. The maximum absolute atomic E-state index is 12.4. The number of nitrogens with one attached hydrogen (secondary N) is 1. The Hall–Kier alpha value is -1.57. The Labute approximate surface area is 175 Å². The average Bonchev–Trinajstić information content (AvgIpc) is 2.81.